The molecule has 0 bridgehead atoms. The third-order valence-corrected chi connectivity index (χ3v) is 4.44. The number of rotatable bonds is 3. The van der Waals surface area contributed by atoms with E-state index in [1.165, 1.54) is 0 Å². The quantitative estimate of drug-likeness (QED) is 0.893. The van der Waals surface area contributed by atoms with E-state index in [2.05, 4.69) is 5.32 Å². The fourth-order valence-corrected chi connectivity index (χ4v) is 3.30. The van der Waals surface area contributed by atoms with Gasteiger partial charge in [-0.1, -0.05) is 31.0 Å². The molecule has 0 spiro atoms. The lowest BCUT2D eigenvalue weighted by Crippen LogP contribution is -2.41. The standard InChI is InChI=1S/C16H19NO4/c18-15(10-5-1-2-6-11(10)16(19)20)17-13-9-21-14-8-4-3-7-12(13)14/h3-4,7-8,10-11,13H,1-2,5-6,9H2,(H,17,18)(H,19,20)/t10-,11+,13?/m1/s1. The Kier molecular flexibility index (Phi) is 3.82. The third-order valence-electron chi connectivity index (χ3n) is 4.44. The minimum Gasteiger partial charge on any atom is -0.491 e. The van der Waals surface area contributed by atoms with Crippen molar-refractivity contribution in [1.29, 1.82) is 0 Å². The van der Waals surface area contributed by atoms with Gasteiger partial charge in [0, 0.05) is 5.56 Å². The molecule has 1 aromatic carbocycles. The van der Waals surface area contributed by atoms with E-state index in [1.54, 1.807) is 0 Å². The zero-order valence-corrected chi connectivity index (χ0v) is 11.7. The van der Waals surface area contributed by atoms with Crippen LogP contribution in [0.15, 0.2) is 24.3 Å². The smallest absolute Gasteiger partial charge is 0.307 e. The van der Waals surface area contributed by atoms with E-state index >= 15 is 0 Å². The first-order valence-corrected chi connectivity index (χ1v) is 7.41. The van der Waals surface area contributed by atoms with Crippen LogP contribution in [0.4, 0.5) is 0 Å². The number of carbonyl (C=O) groups excluding carboxylic acids is 1. The van der Waals surface area contributed by atoms with Crippen molar-refractivity contribution in [2.45, 2.75) is 31.7 Å². The number of nitrogens with one attached hydrogen (secondary N) is 1. The molecule has 1 amide bonds. The molecule has 1 aromatic rings. The maximum absolute atomic E-state index is 12.4. The van der Waals surface area contributed by atoms with Gasteiger partial charge in [0.2, 0.25) is 5.91 Å². The predicted molar refractivity (Wildman–Crippen MR) is 75.9 cm³/mol. The Morgan fingerprint density at radius 3 is 2.62 bits per heavy atom. The van der Waals surface area contributed by atoms with E-state index < -0.39 is 17.8 Å². The Balaban J connectivity index is 1.70. The molecule has 5 nitrogen and oxygen atoms in total. The number of carbonyl (C=O) groups is 2. The first-order chi connectivity index (χ1) is 10.2. The molecular weight excluding hydrogens is 270 g/mol. The topological polar surface area (TPSA) is 75.6 Å². The van der Waals surface area contributed by atoms with Crippen molar-refractivity contribution in [2.75, 3.05) is 6.61 Å². The van der Waals surface area contributed by atoms with Gasteiger partial charge >= 0.3 is 5.97 Å². The first kappa shape index (κ1) is 13.9. The van der Waals surface area contributed by atoms with Gasteiger partial charge in [0.15, 0.2) is 0 Å². The van der Waals surface area contributed by atoms with Crippen LogP contribution in [0.1, 0.15) is 37.3 Å². The molecule has 1 saturated carbocycles. The lowest BCUT2D eigenvalue weighted by atomic mass is 9.78. The molecule has 1 unspecified atom stereocenters. The van der Waals surface area contributed by atoms with Crippen LogP contribution in [0.3, 0.4) is 0 Å². The van der Waals surface area contributed by atoms with E-state index in [9.17, 15) is 14.7 Å². The summed E-state index contributed by atoms with van der Waals surface area (Å²) in [5, 5.41) is 12.2. The van der Waals surface area contributed by atoms with Crippen LogP contribution < -0.4 is 10.1 Å². The van der Waals surface area contributed by atoms with Crippen LogP contribution in [0, 0.1) is 11.8 Å². The van der Waals surface area contributed by atoms with Gasteiger partial charge in [0.05, 0.1) is 17.9 Å². The largest absolute Gasteiger partial charge is 0.491 e. The lowest BCUT2D eigenvalue weighted by molar-refractivity contribution is -0.149. The van der Waals surface area contributed by atoms with Crippen molar-refractivity contribution < 1.29 is 19.4 Å². The molecule has 2 aliphatic rings. The van der Waals surface area contributed by atoms with E-state index in [4.69, 9.17) is 4.74 Å². The zero-order chi connectivity index (χ0) is 14.8. The second kappa shape index (κ2) is 5.76. The van der Waals surface area contributed by atoms with Gasteiger partial charge in [-0.3, -0.25) is 9.59 Å². The minimum atomic E-state index is -0.863. The van der Waals surface area contributed by atoms with Crippen LogP contribution in [-0.2, 0) is 9.59 Å². The summed E-state index contributed by atoms with van der Waals surface area (Å²) < 4.78 is 5.54. The highest BCUT2D eigenvalue weighted by molar-refractivity contribution is 5.85. The SMILES string of the molecule is O=C(O)[C@H]1CCCC[C@H]1C(=O)NC1COc2ccccc21. The van der Waals surface area contributed by atoms with E-state index in [0.717, 1.165) is 24.2 Å². The Morgan fingerprint density at radius 1 is 1.14 bits per heavy atom. The monoisotopic (exact) mass is 289 g/mol. The molecule has 1 heterocycles. The van der Waals surface area contributed by atoms with Crippen LogP contribution in [0.2, 0.25) is 0 Å². The number of aliphatic carboxylic acids is 1. The summed E-state index contributed by atoms with van der Waals surface area (Å²) in [4.78, 5) is 23.7. The average Bonchev–Trinajstić information content (AvgIpc) is 2.90. The van der Waals surface area contributed by atoms with Crippen molar-refractivity contribution in [1.82, 2.24) is 5.32 Å². The predicted octanol–water partition coefficient (Wildman–Crippen LogP) is 2.13. The molecule has 0 radical (unpaired) electrons. The number of benzene rings is 1. The van der Waals surface area contributed by atoms with Crippen LogP contribution in [-0.4, -0.2) is 23.6 Å². The Bertz CT molecular complexity index is 557. The zero-order valence-electron chi connectivity index (χ0n) is 11.7. The highest BCUT2D eigenvalue weighted by atomic mass is 16.5. The maximum Gasteiger partial charge on any atom is 0.307 e. The number of carboxylic acid groups (broad SMARTS) is 1. The van der Waals surface area contributed by atoms with E-state index in [-0.39, 0.29) is 11.9 Å². The summed E-state index contributed by atoms with van der Waals surface area (Å²) in [5.74, 6) is -1.22. The number of ether oxygens (including phenoxy) is 1. The molecule has 0 aromatic heterocycles. The van der Waals surface area contributed by atoms with Gasteiger partial charge in [0.1, 0.15) is 12.4 Å². The van der Waals surface area contributed by atoms with E-state index in [0.29, 0.717) is 19.4 Å². The number of hydrogen-bond acceptors (Lipinski definition) is 3. The molecule has 1 aliphatic carbocycles. The fraction of sp³-hybridized carbons (Fsp3) is 0.500. The molecule has 0 saturated heterocycles. The average molecular weight is 289 g/mol. The Labute approximate surface area is 123 Å². The third kappa shape index (κ3) is 2.73. The maximum atomic E-state index is 12.4. The summed E-state index contributed by atoms with van der Waals surface area (Å²) >= 11 is 0. The molecule has 21 heavy (non-hydrogen) atoms. The van der Waals surface area contributed by atoms with E-state index in [1.807, 2.05) is 24.3 Å². The van der Waals surface area contributed by atoms with Crippen molar-refractivity contribution >= 4 is 11.9 Å². The second-order valence-electron chi connectivity index (χ2n) is 5.75. The van der Waals surface area contributed by atoms with Crippen LogP contribution >= 0.6 is 0 Å². The van der Waals surface area contributed by atoms with Gasteiger partial charge < -0.3 is 15.2 Å². The summed E-state index contributed by atoms with van der Waals surface area (Å²) in [6.07, 6.45) is 3.04. The van der Waals surface area contributed by atoms with Gasteiger partial charge in [-0.05, 0) is 18.9 Å². The highest BCUT2D eigenvalue weighted by Crippen LogP contribution is 2.34. The molecular formula is C16H19NO4. The second-order valence-corrected chi connectivity index (χ2v) is 5.75. The minimum absolute atomic E-state index is 0.160. The van der Waals surface area contributed by atoms with Crippen LogP contribution in [0.25, 0.3) is 0 Å². The number of hydrogen-bond donors (Lipinski definition) is 2. The molecule has 1 fully saturated rings. The highest BCUT2D eigenvalue weighted by Gasteiger charge is 2.37. The van der Waals surface area contributed by atoms with Gasteiger partial charge in [-0.25, -0.2) is 0 Å². The van der Waals surface area contributed by atoms with Gasteiger partial charge in [-0.2, -0.15) is 0 Å². The molecule has 2 N–H and O–H groups in total. The Hall–Kier alpha value is -2.04. The van der Waals surface area contributed by atoms with Crippen molar-refractivity contribution in [3.05, 3.63) is 29.8 Å². The lowest BCUT2D eigenvalue weighted by Gasteiger charge is -2.28. The molecule has 3 atom stereocenters. The number of amides is 1. The summed E-state index contributed by atoms with van der Waals surface area (Å²) in [6.45, 7) is 0.412. The normalized spacial score (nSPS) is 27.5. The summed E-state index contributed by atoms with van der Waals surface area (Å²) in [5.41, 5.74) is 0.966. The van der Waals surface area contributed by atoms with Gasteiger partial charge in [0.25, 0.3) is 0 Å². The Morgan fingerprint density at radius 2 is 1.86 bits per heavy atom. The molecule has 5 heteroatoms. The number of fused-ring (bicyclic) bond motifs is 1. The van der Waals surface area contributed by atoms with Crippen molar-refractivity contribution in [2.24, 2.45) is 11.8 Å². The molecule has 1 aliphatic heterocycles. The summed E-state index contributed by atoms with van der Waals surface area (Å²) in [6, 6.07) is 7.44. The van der Waals surface area contributed by atoms with Crippen molar-refractivity contribution in [3.63, 3.8) is 0 Å². The molecule has 112 valence electrons. The number of carboxylic acids is 1. The fourth-order valence-electron chi connectivity index (χ4n) is 3.30. The van der Waals surface area contributed by atoms with Gasteiger partial charge in [-0.15, -0.1) is 0 Å². The van der Waals surface area contributed by atoms with Crippen molar-refractivity contribution in [3.8, 4) is 5.75 Å². The molecule has 3 rings (SSSR count). The number of para-hydroxylation sites is 1. The first-order valence-electron chi connectivity index (χ1n) is 7.41. The van der Waals surface area contributed by atoms with Crippen LogP contribution in [0.5, 0.6) is 5.75 Å². The summed E-state index contributed by atoms with van der Waals surface area (Å²) in [7, 11) is 0.